The molecule has 0 radical (unpaired) electrons. The molecule has 2 N–H and O–H groups in total. The maximum atomic E-state index is 5.62. The highest BCUT2D eigenvalue weighted by Gasteiger charge is 1.98. The molecular weight excluding hydrogens is 186 g/mol. The van der Waals surface area contributed by atoms with Gasteiger partial charge in [-0.05, 0) is 24.6 Å². The molecule has 2 aromatic rings. The van der Waals surface area contributed by atoms with Crippen LogP contribution in [-0.4, -0.2) is 15.9 Å². The molecule has 0 aliphatic rings. The van der Waals surface area contributed by atoms with Crippen molar-refractivity contribution in [3.63, 3.8) is 0 Å². The van der Waals surface area contributed by atoms with Crippen molar-refractivity contribution in [2.75, 3.05) is 6.54 Å². The van der Waals surface area contributed by atoms with Crippen LogP contribution < -0.4 is 5.73 Å². The number of pyridine rings is 1. The fourth-order valence-electron chi connectivity index (χ4n) is 1.54. The summed E-state index contributed by atoms with van der Waals surface area (Å²) in [4.78, 5) is 4.48. The van der Waals surface area contributed by atoms with Gasteiger partial charge in [-0.1, -0.05) is 18.6 Å². The molecule has 15 heavy (non-hydrogen) atoms. The van der Waals surface area contributed by atoms with Gasteiger partial charge in [0.25, 0.3) is 0 Å². The Morgan fingerprint density at radius 3 is 3.07 bits per heavy atom. The largest absolute Gasteiger partial charge is 0.327 e. The molecule has 0 fully saturated rings. The third-order valence-electron chi connectivity index (χ3n) is 2.45. The second-order valence-corrected chi connectivity index (χ2v) is 3.49. The Hall–Kier alpha value is -1.61. The van der Waals surface area contributed by atoms with Crippen LogP contribution in [0.2, 0.25) is 0 Å². The van der Waals surface area contributed by atoms with Gasteiger partial charge in [-0.15, -0.1) is 0 Å². The summed E-state index contributed by atoms with van der Waals surface area (Å²) in [5.41, 5.74) is 8.79. The highest BCUT2D eigenvalue weighted by Crippen LogP contribution is 2.09. The first-order chi connectivity index (χ1) is 7.33. The lowest BCUT2D eigenvalue weighted by Gasteiger charge is -1.96. The van der Waals surface area contributed by atoms with Crippen molar-refractivity contribution in [1.29, 1.82) is 0 Å². The SMILES string of the molecule is CCC(=Cc1cn2ccccc2n1)CN. The zero-order chi connectivity index (χ0) is 10.7. The van der Waals surface area contributed by atoms with E-state index in [2.05, 4.69) is 18.0 Å². The van der Waals surface area contributed by atoms with E-state index >= 15 is 0 Å². The van der Waals surface area contributed by atoms with Crippen molar-refractivity contribution >= 4 is 11.7 Å². The number of imidazole rings is 1. The second-order valence-electron chi connectivity index (χ2n) is 3.49. The van der Waals surface area contributed by atoms with Gasteiger partial charge in [0.1, 0.15) is 5.65 Å². The Morgan fingerprint density at radius 1 is 1.53 bits per heavy atom. The second kappa shape index (κ2) is 4.28. The van der Waals surface area contributed by atoms with Crippen LogP contribution in [0.4, 0.5) is 0 Å². The summed E-state index contributed by atoms with van der Waals surface area (Å²) in [6, 6.07) is 5.97. The number of nitrogens with two attached hydrogens (primary N) is 1. The van der Waals surface area contributed by atoms with E-state index in [-0.39, 0.29) is 0 Å². The zero-order valence-corrected chi connectivity index (χ0v) is 8.85. The molecule has 2 heterocycles. The van der Waals surface area contributed by atoms with Crippen LogP contribution in [0, 0.1) is 0 Å². The van der Waals surface area contributed by atoms with Crippen molar-refractivity contribution < 1.29 is 0 Å². The van der Waals surface area contributed by atoms with Crippen molar-refractivity contribution in [2.24, 2.45) is 5.73 Å². The Labute approximate surface area is 89.2 Å². The van der Waals surface area contributed by atoms with Gasteiger partial charge >= 0.3 is 0 Å². The Bertz CT molecular complexity index is 443. The molecule has 0 aromatic carbocycles. The fraction of sp³-hybridized carbons (Fsp3) is 0.250. The first-order valence-electron chi connectivity index (χ1n) is 5.16. The molecule has 3 heteroatoms. The molecule has 0 unspecified atom stereocenters. The first-order valence-corrected chi connectivity index (χ1v) is 5.16. The number of rotatable bonds is 3. The molecule has 2 rings (SSSR count). The van der Waals surface area contributed by atoms with Crippen molar-refractivity contribution in [3.8, 4) is 0 Å². The van der Waals surface area contributed by atoms with Gasteiger partial charge in [-0.3, -0.25) is 0 Å². The Kier molecular flexibility index (Phi) is 2.83. The minimum atomic E-state index is 0.602. The van der Waals surface area contributed by atoms with E-state index in [1.54, 1.807) is 0 Å². The third kappa shape index (κ3) is 2.07. The van der Waals surface area contributed by atoms with Gasteiger partial charge in [0.15, 0.2) is 0 Å². The van der Waals surface area contributed by atoms with Crippen LogP contribution >= 0.6 is 0 Å². The third-order valence-corrected chi connectivity index (χ3v) is 2.45. The highest BCUT2D eigenvalue weighted by atomic mass is 15.0. The van der Waals surface area contributed by atoms with Crippen LogP contribution in [0.25, 0.3) is 11.7 Å². The average Bonchev–Trinajstić information content (AvgIpc) is 2.68. The van der Waals surface area contributed by atoms with E-state index < -0.39 is 0 Å². The summed E-state index contributed by atoms with van der Waals surface area (Å²) in [6.45, 7) is 2.71. The molecule has 0 saturated heterocycles. The van der Waals surface area contributed by atoms with Crippen LogP contribution in [0.3, 0.4) is 0 Å². The van der Waals surface area contributed by atoms with E-state index in [1.807, 2.05) is 35.0 Å². The van der Waals surface area contributed by atoms with E-state index in [4.69, 9.17) is 5.73 Å². The standard InChI is InChI=1S/C12H15N3/c1-2-10(8-13)7-11-9-15-6-4-3-5-12(15)14-11/h3-7,9H,2,8,13H2,1H3. The smallest absolute Gasteiger partial charge is 0.137 e. The molecule has 0 saturated carbocycles. The molecule has 0 bridgehead atoms. The summed E-state index contributed by atoms with van der Waals surface area (Å²) in [6.07, 6.45) is 7.05. The molecule has 3 nitrogen and oxygen atoms in total. The van der Waals surface area contributed by atoms with Crippen molar-refractivity contribution in [2.45, 2.75) is 13.3 Å². The number of aromatic nitrogens is 2. The molecule has 2 aromatic heterocycles. The lowest BCUT2D eigenvalue weighted by molar-refractivity contribution is 1.02. The first kappa shape index (κ1) is 9.93. The summed E-state index contributed by atoms with van der Waals surface area (Å²) < 4.78 is 2.01. The topological polar surface area (TPSA) is 43.3 Å². The molecule has 78 valence electrons. The van der Waals surface area contributed by atoms with Gasteiger partial charge in [0, 0.05) is 18.9 Å². The zero-order valence-electron chi connectivity index (χ0n) is 8.85. The lowest BCUT2D eigenvalue weighted by Crippen LogP contribution is -2.01. The summed E-state index contributed by atoms with van der Waals surface area (Å²) >= 11 is 0. The van der Waals surface area contributed by atoms with E-state index in [9.17, 15) is 0 Å². The monoisotopic (exact) mass is 201 g/mol. The molecule has 0 aliphatic heterocycles. The molecule has 0 spiro atoms. The summed E-state index contributed by atoms with van der Waals surface area (Å²) in [5, 5.41) is 0. The fourth-order valence-corrected chi connectivity index (χ4v) is 1.54. The van der Waals surface area contributed by atoms with E-state index in [1.165, 1.54) is 5.57 Å². The number of hydrogen-bond acceptors (Lipinski definition) is 2. The van der Waals surface area contributed by atoms with Gasteiger partial charge in [0.2, 0.25) is 0 Å². The summed E-state index contributed by atoms with van der Waals surface area (Å²) in [5.74, 6) is 0. The van der Waals surface area contributed by atoms with E-state index in [0.717, 1.165) is 17.8 Å². The van der Waals surface area contributed by atoms with Crippen LogP contribution in [0.1, 0.15) is 19.0 Å². The molecular formula is C12H15N3. The van der Waals surface area contributed by atoms with Gasteiger partial charge in [0.05, 0.1) is 5.69 Å². The van der Waals surface area contributed by atoms with Crippen LogP contribution in [-0.2, 0) is 0 Å². The Balaban J connectivity index is 2.40. The highest BCUT2D eigenvalue weighted by molar-refractivity contribution is 5.53. The maximum Gasteiger partial charge on any atom is 0.137 e. The normalized spacial score (nSPS) is 12.3. The summed E-state index contributed by atoms with van der Waals surface area (Å²) in [7, 11) is 0. The van der Waals surface area contributed by atoms with Gasteiger partial charge in [-0.2, -0.15) is 0 Å². The van der Waals surface area contributed by atoms with Gasteiger partial charge < -0.3 is 10.1 Å². The lowest BCUT2D eigenvalue weighted by atomic mass is 10.2. The number of hydrogen-bond donors (Lipinski definition) is 1. The number of nitrogens with zero attached hydrogens (tertiary/aromatic N) is 2. The van der Waals surface area contributed by atoms with Crippen LogP contribution in [0.5, 0.6) is 0 Å². The minimum absolute atomic E-state index is 0.602. The molecule has 0 amide bonds. The quantitative estimate of drug-likeness (QED) is 0.826. The predicted molar refractivity (Wildman–Crippen MR) is 62.5 cm³/mol. The van der Waals surface area contributed by atoms with Crippen LogP contribution in [0.15, 0.2) is 36.2 Å². The average molecular weight is 201 g/mol. The Morgan fingerprint density at radius 2 is 2.40 bits per heavy atom. The molecule has 0 atom stereocenters. The maximum absolute atomic E-state index is 5.62. The van der Waals surface area contributed by atoms with Crippen molar-refractivity contribution in [1.82, 2.24) is 9.38 Å². The van der Waals surface area contributed by atoms with Gasteiger partial charge in [-0.25, -0.2) is 4.98 Å². The molecule has 0 aliphatic carbocycles. The number of fused-ring (bicyclic) bond motifs is 1. The van der Waals surface area contributed by atoms with E-state index in [0.29, 0.717) is 6.54 Å². The predicted octanol–water partition coefficient (Wildman–Crippen LogP) is 2.09. The minimum Gasteiger partial charge on any atom is -0.327 e. The van der Waals surface area contributed by atoms with Crippen molar-refractivity contribution in [3.05, 3.63) is 41.9 Å².